The van der Waals surface area contributed by atoms with E-state index in [0.29, 0.717) is 6.54 Å². The van der Waals surface area contributed by atoms with Crippen LogP contribution < -0.4 is 5.73 Å². The SMILES string of the molecule is NCC1(c2cccnn2)CC1. The predicted octanol–water partition coefficient (Wildman–Crippen LogP) is 0.467. The maximum atomic E-state index is 5.63. The first-order valence-corrected chi connectivity index (χ1v) is 3.86. The lowest BCUT2D eigenvalue weighted by Gasteiger charge is -2.08. The van der Waals surface area contributed by atoms with Crippen molar-refractivity contribution in [3.8, 4) is 0 Å². The monoisotopic (exact) mass is 149 g/mol. The van der Waals surface area contributed by atoms with E-state index in [-0.39, 0.29) is 5.41 Å². The zero-order valence-electron chi connectivity index (χ0n) is 6.33. The zero-order chi connectivity index (χ0) is 7.73. The molecule has 0 aliphatic heterocycles. The third-order valence-corrected chi connectivity index (χ3v) is 2.36. The third kappa shape index (κ3) is 1.01. The summed E-state index contributed by atoms with van der Waals surface area (Å²) in [6.07, 6.45) is 4.03. The molecule has 58 valence electrons. The first kappa shape index (κ1) is 6.73. The molecule has 1 heterocycles. The highest BCUT2D eigenvalue weighted by atomic mass is 15.1. The van der Waals surface area contributed by atoms with Gasteiger partial charge in [0.25, 0.3) is 0 Å². The summed E-state index contributed by atoms with van der Waals surface area (Å²) in [5.41, 5.74) is 6.88. The molecular formula is C8H11N3. The van der Waals surface area contributed by atoms with Crippen LogP contribution in [0.15, 0.2) is 18.3 Å². The highest BCUT2D eigenvalue weighted by Gasteiger charge is 2.44. The van der Waals surface area contributed by atoms with Gasteiger partial charge in [-0.1, -0.05) is 0 Å². The highest BCUT2D eigenvalue weighted by molar-refractivity contribution is 5.23. The lowest BCUT2D eigenvalue weighted by molar-refractivity contribution is 0.662. The van der Waals surface area contributed by atoms with Crippen molar-refractivity contribution in [3.05, 3.63) is 24.0 Å². The number of nitrogens with zero attached hydrogens (tertiary/aromatic N) is 2. The van der Waals surface area contributed by atoms with Crippen molar-refractivity contribution >= 4 is 0 Å². The number of aromatic nitrogens is 2. The topological polar surface area (TPSA) is 51.8 Å². The molecule has 0 aromatic carbocycles. The highest BCUT2D eigenvalue weighted by Crippen LogP contribution is 2.45. The molecule has 1 aromatic heterocycles. The van der Waals surface area contributed by atoms with Gasteiger partial charge in [0.05, 0.1) is 5.69 Å². The standard InChI is InChI=1S/C8H11N3/c9-6-8(3-4-8)7-2-1-5-10-11-7/h1-2,5H,3-4,6,9H2. The van der Waals surface area contributed by atoms with Crippen molar-refractivity contribution in [1.29, 1.82) is 0 Å². The van der Waals surface area contributed by atoms with E-state index in [1.807, 2.05) is 12.1 Å². The summed E-state index contributed by atoms with van der Waals surface area (Å²) < 4.78 is 0. The average Bonchev–Trinajstić information content (AvgIpc) is 2.86. The number of nitrogens with two attached hydrogens (primary N) is 1. The van der Waals surface area contributed by atoms with Crippen molar-refractivity contribution < 1.29 is 0 Å². The molecule has 0 bridgehead atoms. The van der Waals surface area contributed by atoms with E-state index in [4.69, 9.17) is 5.73 Å². The van der Waals surface area contributed by atoms with Crippen LogP contribution >= 0.6 is 0 Å². The van der Waals surface area contributed by atoms with E-state index in [1.54, 1.807) is 6.20 Å². The fraction of sp³-hybridized carbons (Fsp3) is 0.500. The van der Waals surface area contributed by atoms with Crippen molar-refractivity contribution in [2.75, 3.05) is 6.54 Å². The molecule has 0 atom stereocenters. The second kappa shape index (κ2) is 2.27. The molecule has 11 heavy (non-hydrogen) atoms. The minimum Gasteiger partial charge on any atom is -0.330 e. The molecule has 1 aliphatic carbocycles. The Bertz CT molecular complexity index is 241. The van der Waals surface area contributed by atoms with E-state index in [0.717, 1.165) is 5.69 Å². The minimum atomic E-state index is 0.189. The fourth-order valence-corrected chi connectivity index (χ4v) is 1.30. The molecule has 0 saturated heterocycles. The van der Waals surface area contributed by atoms with Crippen LogP contribution in [-0.2, 0) is 5.41 Å². The normalized spacial score (nSPS) is 19.7. The van der Waals surface area contributed by atoms with Gasteiger partial charge in [-0.15, -0.1) is 0 Å². The van der Waals surface area contributed by atoms with Gasteiger partial charge >= 0.3 is 0 Å². The van der Waals surface area contributed by atoms with Gasteiger partial charge in [-0.3, -0.25) is 0 Å². The summed E-state index contributed by atoms with van der Waals surface area (Å²) in [7, 11) is 0. The van der Waals surface area contributed by atoms with Gasteiger partial charge in [0.15, 0.2) is 0 Å². The Hall–Kier alpha value is -0.960. The fourth-order valence-electron chi connectivity index (χ4n) is 1.30. The van der Waals surface area contributed by atoms with Gasteiger partial charge in [0.2, 0.25) is 0 Å². The van der Waals surface area contributed by atoms with Gasteiger partial charge < -0.3 is 5.73 Å². The first-order valence-electron chi connectivity index (χ1n) is 3.86. The van der Waals surface area contributed by atoms with Crippen LogP contribution in [0.4, 0.5) is 0 Å². The maximum Gasteiger partial charge on any atom is 0.0705 e. The summed E-state index contributed by atoms with van der Waals surface area (Å²) in [6.45, 7) is 0.700. The zero-order valence-corrected chi connectivity index (χ0v) is 6.33. The number of rotatable bonds is 2. The predicted molar refractivity (Wildman–Crippen MR) is 42.0 cm³/mol. The molecule has 0 amide bonds. The van der Waals surface area contributed by atoms with Crippen molar-refractivity contribution in [2.24, 2.45) is 5.73 Å². The molecule has 3 heteroatoms. The van der Waals surface area contributed by atoms with E-state index < -0.39 is 0 Å². The quantitative estimate of drug-likeness (QED) is 0.665. The summed E-state index contributed by atoms with van der Waals surface area (Å²) >= 11 is 0. The van der Waals surface area contributed by atoms with Crippen LogP contribution in [0.25, 0.3) is 0 Å². The van der Waals surface area contributed by atoms with Crippen molar-refractivity contribution in [2.45, 2.75) is 18.3 Å². The van der Waals surface area contributed by atoms with Crippen LogP contribution in [0.2, 0.25) is 0 Å². The minimum absolute atomic E-state index is 0.189. The second-order valence-electron chi connectivity index (χ2n) is 3.09. The number of hydrogen-bond donors (Lipinski definition) is 1. The molecule has 1 aromatic rings. The smallest absolute Gasteiger partial charge is 0.0705 e. The van der Waals surface area contributed by atoms with E-state index in [2.05, 4.69) is 10.2 Å². The summed E-state index contributed by atoms with van der Waals surface area (Å²) in [4.78, 5) is 0. The Morgan fingerprint density at radius 3 is 2.82 bits per heavy atom. The lowest BCUT2D eigenvalue weighted by Crippen LogP contribution is -2.21. The van der Waals surface area contributed by atoms with Gasteiger partial charge in [-0.25, -0.2) is 0 Å². The molecule has 0 spiro atoms. The average molecular weight is 149 g/mol. The molecular weight excluding hydrogens is 138 g/mol. The summed E-state index contributed by atoms with van der Waals surface area (Å²) in [5.74, 6) is 0. The lowest BCUT2D eigenvalue weighted by atomic mass is 10.0. The maximum absolute atomic E-state index is 5.63. The van der Waals surface area contributed by atoms with E-state index in [1.165, 1.54) is 12.8 Å². The van der Waals surface area contributed by atoms with Crippen LogP contribution in [0.3, 0.4) is 0 Å². The van der Waals surface area contributed by atoms with Crippen LogP contribution in [0.1, 0.15) is 18.5 Å². The van der Waals surface area contributed by atoms with Crippen LogP contribution in [-0.4, -0.2) is 16.7 Å². The second-order valence-corrected chi connectivity index (χ2v) is 3.09. The Kier molecular flexibility index (Phi) is 1.39. The molecule has 0 unspecified atom stereocenters. The van der Waals surface area contributed by atoms with Gasteiger partial charge in [-0.2, -0.15) is 10.2 Å². The van der Waals surface area contributed by atoms with E-state index in [9.17, 15) is 0 Å². The van der Waals surface area contributed by atoms with Gasteiger partial charge in [-0.05, 0) is 25.0 Å². The van der Waals surface area contributed by atoms with E-state index >= 15 is 0 Å². The first-order chi connectivity index (χ1) is 5.37. The largest absolute Gasteiger partial charge is 0.330 e. The summed E-state index contributed by atoms with van der Waals surface area (Å²) in [5, 5.41) is 7.89. The van der Waals surface area contributed by atoms with Gasteiger partial charge in [0, 0.05) is 18.2 Å². The molecule has 0 radical (unpaired) electrons. The Balaban J connectivity index is 2.30. The molecule has 1 aliphatic rings. The number of hydrogen-bond acceptors (Lipinski definition) is 3. The van der Waals surface area contributed by atoms with Crippen LogP contribution in [0.5, 0.6) is 0 Å². The van der Waals surface area contributed by atoms with Crippen LogP contribution in [0, 0.1) is 0 Å². The molecule has 2 N–H and O–H groups in total. The van der Waals surface area contributed by atoms with Crippen molar-refractivity contribution in [1.82, 2.24) is 10.2 Å². The summed E-state index contributed by atoms with van der Waals surface area (Å²) in [6, 6.07) is 3.92. The van der Waals surface area contributed by atoms with Crippen molar-refractivity contribution in [3.63, 3.8) is 0 Å². The Morgan fingerprint density at radius 2 is 2.36 bits per heavy atom. The third-order valence-electron chi connectivity index (χ3n) is 2.36. The molecule has 1 fully saturated rings. The van der Waals surface area contributed by atoms with Gasteiger partial charge in [0.1, 0.15) is 0 Å². The Labute approximate surface area is 65.6 Å². The Morgan fingerprint density at radius 1 is 1.55 bits per heavy atom. The molecule has 2 rings (SSSR count). The molecule has 1 saturated carbocycles. The molecule has 3 nitrogen and oxygen atoms in total.